The van der Waals surface area contributed by atoms with Gasteiger partial charge in [-0.1, -0.05) is 6.08 Å². The highest BCUT2D eigenvalue weighted by Crippen LogP contribution is 2.54. The topological polar surface area (TPSA) is 74.6 Å². The number of carboxylic acid groups (broad SMARTS) is 1. The van der Waals surface area contributed by atoms with Gasteiger partial charge < -0.3 is 10.2 Å². The lowest BCUT2D eigenvalue weighted by molar-refractivity contribution is -0.261. The number of aliphatic hydroxyl groups is 1. The zero-order valence-corrected chi connectivity index (χ0v) is 12.4. The van der Waals surface area contributed by atoms with E-state index < -0.39 is 35.4 Å². The average molecular weight is 318 g/mol. The molecule has 122 valence electrons. The molecule has 0 spiro atoms. The standard InChI is InChI=1S/C15H17F3O4/c1-9(6-12(20)21)4-5-14(22)10(2)7-11(19)8-13(14,3)15(16,17)18/h4-7,22H,8H2,1-3H3,(H,20,21)/b5-4+,9-6+/t13-,14-/m1/s1. The quantitative estimate of drug-likeness (QED) is 0.620. The number of hydrogen-bond donors (Lipinski definition) is 2. The number of carboxylic acids is 1. The predicted octanol–water partition coefficient (Wildman–Crippen LogP) is 2.79. The van der Waals surface area contributed by atoms with E-state index in [0.717, 1.165) is 31.2 Å². The van der Waals surface area contributed by atoms with E-state index in [4.69, 9.17) is 5.11 Å². The number of carbonyl (C=O) groups is 2. The summed E-state index contributed by atoms with van der Waals surface area (Å²) in [7, 11) is 0. The first-order valence-electron chi connectivity index (χ1n) is 6.44. The Labute approximate surface area is 125 Å². The number of rotatable bonds is 3. The van der Waals surface area contributed by atoms with Gasteiger partial charge in [-0.3, -0.25) is 4.79 Å². The van der Waals surface area contributed by atoms with Gasteiger partial charge >= 0.3 is 12.1 Å². The van der Waals surface area contributed by atoms with Gasteiger partial charge in [0.1, 0.15) is 11.0 Å². The summed E-state index contributed by atoms with van der Waals surface area (Å²) in [5.74, 6) is -1.97. The first-order chi connectivity index (χ1) is 9.83. The Morgan fingerprint density at radius 1 is 1.41 bits per heavy atom. The molecule has 0 aromatic heterocycles. The third-order valence-corrected chi connectivity index (χ3v) is 3.91. The van der Waals surface area contributed by atoms with Crippen LogP contribution in [-0.2, 0) is 9.59 Å². The molecule has 0 aliphatic heterocycles. The summed E-state index contributed by atoms with van der Waals surface area (Å²) < 4.78 is 40.3. The van der Waals surface area contributed by atoms with Crippen LogP contribution in [0, 0.1) is 5.41 Å². The molecule has 2 atom stereocenters. The number of hydrogen-bond acceptors (Lipinski definition) is 3. The van der Waals surface area contributed by atoms with E-state index in [0.29, 0.717) is 0 Å². The molecule has 1 aliphatic rings. The van der Waals surface area contributed by atoms with Crippen LogP contribution < -0.4 is 0 Å². The Balaban J connectivity index is 3.41. The first kappa shape index (κ1) is 18.2. The Hall–Kier alpha value is -1.89. The number of allylic oxidation sites excluding steroid dienone is 3. The van der Waals surface area contributed by atoms with Gasteiger partial charge in [-0.2, -0.15) is 13.2 Å². The Bertz CT molecular complexity index is 586. The number of carbonyl (C=O) groups excluding carboxylic acids is 1. The van der Waals surface area contributed by atoms with Crippen molar-refractivity contribution < 1.29 is 33.0 Å². The molecule has 2 N–H and O–H groups in total. The van der Waals surface area contributed by atoms with Crippen molar-refractivity contribution in [3.8, 4) is 0 Å². The molecule has 0 fully saturated rings. The van der Waals surface area contributed by atoms with Crippen LogP contribution in [0.15, 0.2) is 35.5 Å². The molecule has 0 bridgehead atoms. The van der Waals surface area contributed by atoms with Crippen LogP contribution in [0.2, 0.25) is 0 Å². The van der Waals surface area contributed by atoms with Crippen LogP contribution in [0.5, 0.6) is 0 Å². The van der Waals surface area contributed by atoms with E-state index >= 15 is 0 Å². The molecule has 4 nitrogen and oxygen atoms in total. The Morgan fingerprint density at radius 3 is 2.41 bits per heavy atom. The van der Waals surface area contributed by atoms with Gasteiger partial charge in [0, 0.05) is 12.5 Å². The average Bonchev–Trinajstić information content (AvgIpc) is 2.31. The van der Waals surface area contributed by atoms with E-state index in [1.54, 1.807) is 0 Å². The van der Waals surface area contributed by atoms with Gasteiger partial charge in [-0.25, -0.2) is 4.79 Å². The fourth-order valence-electron chi connectivity index (χ4n) is 2.45. The van der Waals surface area contributed by atoms with Crippen molar-refractivity contribution in [2.75, 3.05) is 0 Å². The highest BCUT2D eigenvalue weighted by Gasteiger charge is 2.64. The summed E-state index contributed by atoms with van der Waals surface area (Å²) in [6.07, 6.45) is -1.91. The fraction of sp³-hybridized carbons (Fsp3) is 0.467. The monoisotopic (exact) mass is 318 g/mol. The lowest BCUT2D eigenvalue weighted by atomic mass is 9.62. The molecule has 1 rings (SSSR count). The van der Waals surface area contributed by atoms with E-state index in [9.17, 15) is 27.9 Å². The minimum Gasteiger partial charge on any atom is -0.478 e. The van der Waals surface area contributed by atoms with Crippen molar-refractivity contribution in [3.63, 3.8) is 0 Å². The SMILES string of the molecule is CC1=CC(=O)C[C@@](C)(C(F)(F)F)[C@@]1(O)/C=C/C(C)=C/C(=O)O. The van der Waals surface area contributed by atoms with E-state index in [2.05, 4.69) is 0 Å². The van der Waals surface area contributed by atoms with Gasteiger partial charge in [-0.15, -0.1) is 0 Å². The minimum atomic E-state index is -4.82. The zero-order chi connectivity index (χ0) is 17.3. The fourth-order valence-corrected chi connectivity index (χ4v) is 2.45. The first-order valence-corrected chi connectivity index (χ1v) is 6.44. The summed E-state index contributed by atoms with van der Waals surface area (Å²) in [5.41, 5.74) is -5.08. The number of halogens is 3. The summed E-state index contributed by atoms with van der Waals surface area (Å²) >= 11 is 0. The molecule has 0 aromatic carbocycles. The van der Waals surface area contributed by atoms with Crippen molar-refractivity contribution in [3.05, 3.63) is 35.5 Å². The second-order valence-electron chi connectivity index (χ2n) is 5.63. The maximum absolute atomic E-state index is 13.4. The Kier molecular flexibility index (Phi) is 4.72. The van der Waals surface area contributed by atoms with E-state index in [-0.39, 0.29) is 11.1 Å². The largest absolute Gasteiger partial charge is 0.478 e. The molecule has 1 aliphatic carbocycles. The summed E-state index contributed by atoms with van der Waals surface area (Å²) in [5, 5.41) is 19.2. The molecular weight excluding hydrogens is 301 g/mol. The third kappa shape index (κ3) is 3.14. The van der Waals surface area contributed by atoms with Crippen LogP contribution in [0.3, 0.4) is 0 Å². The van der Waals surface area contributed by atoms with E-state index in [1.807, 2.05) is 0 Å². The van der Waals surface area contributed by atoms with E-state index in [1.165, 1.54) is 13.8 Å². The third-order valence-electron chi connectivity index (χ3n) is 3.91. The van der Waals surface area contributed by atoms with Crippen molar-refractivity contribution in [2.45, 2.75) is 39.0 Å². The molecule has 0 aromatic rings. The number of alkyl halides is 3. The maximum atomic E-state index is 13.4. The molecule has 7 heteroatoms. The molecule has 0 unspecified atom stereocenters. The molecule has 0 radical (unpaired) electrons. The van der Waals surface area contributed by atoms with Crippen molar-refractivity contribution in [1.82, 2.24) is 0 Å². The van der Waals surface area contributed by atoms with Gasteiger partial charge in [-0.05, 0) is 44.1 Å². The van der Waals surface area contributed by atoms with Crippen LogP contribution in [-0.4, -0.2) is 33.7 Å². The minimum absolute atomic E-state index is 0.136. The smallest absolute Gasteiger partial charge is 0.398 e. The highest BCUT2D eigenvalue weighted by atomic mass is 19.4. The number of aliphatic carboxylic acids is 1. The predicted molar refractivity (Wildman–Crippen MR) is 73.0 cm³/mol. The van der Waals surface area contributed by atoms with Gasteiger partial charge in [0.25, 0.3) is 0 Å². The normalized spacial score (nSPS) is 30.6. The van der Waals surface area contributed by atoms with Crippen LogP contribution in [0.1, 0.15) is 27.2 Å². The van der Waals surface area contributed by atoms with Gasteiger partial charge in [0.2, 0.25) is 0 Å². The van der Waals surface area contributed by atoms with Crippen LogP contribution in [0.25, 0.3) is 0 Å². The summed E-state index contributed by atoms with van der Waals surface area (Å²) in [6.45, 7) is 3.40. The summed E-state index contributed by atoms with van der Waals surface area (Å²) in [6, 6.07) is 0. The molecule has 22 heavy (non-hydrogen) atoms. The summed E-state index contributed by atoms with van der Waals surface area (Å²) in [4.78, 5) is 22.0. The van der Waals surface area contributed by atoms with Crippen molar-refractivity contribution in [2.24, 2.45) is 5.41 Å². The van der Waals surface area contributed by atoms with Crippen molar-refractivity contribution in [1.29, 1.82) is 0 Å². The van der Waals surface area contributed by atoms with Gasteiger partial charge in [0.05, 0.1) is 0 Å². The molecular formula is C15H17F3O4. The molecule has 0 heterocycles. The zero-order valence-electron chi connectivity index (χ0n) is 12.4. The second kappa shape index (κ2) is 5.72. The van der Waals surface area contributed by atoms with Crippen LogP contribution in [0.4, 0.5) is 13.2 Å². The van der Waals surface area contributed by atoms with Crippen LogP contribution >= 0.6 is 0 Å². The van der Waals surface area contributed by atoms with Gasteiger partial charge in [0.15, 0.2) is 5.78 Å². The van der Waals surface area contributed by atoms with Crippen molar-refractivity contribution >= 4 is 11.8 Å². The number of ketones is 1. The molecule has 0 saturated carbocycles. The molecule has 0 saturated heterocycles. The lowest BCUT2D eigenvalue weighted by Gasteiger charge is -2.46. The highest BCUT2D eigenvalue weighted by molar-refractivity contribution is 5.93. The lowest BCUT2D eigenvalue weighted by Crippen LogP contribution is -2.57. The Morgan fingerprint density at radius 2 is 1.95 bits per heavy atom. The second-order valence-corrected chi connectivity index (χ2v) is 5.63. The molecule has 0 amide bonds. The maximum Gasteiger partial charge on any atom is 0.398 e.